The van der Waals surface area contributed by atoms with Crippen LogP contribution in [0.2, 0.25) is 5.02 Å². The number of hydrogen-bond donors (Lipinski definition) is 1. The molecule has 1 N–H and O–H groups in total. The van der Waals surface area contributed by atoms with Gasteiger partial charge in [0.2, 0.25) is 11.8 Å². The van der Waals surface area contributed by atoms with Crippen molar-refractivity contribution in [2.45, 2.75) is 65.0 Å². The molecule has 1 aromatic heterocycles. The van der Waals surface area contributed by atoms with Gasteiger partial charge in [-0.15, -0.1) is 0 Å². The zero-order valence-electron chi connectivity index (χ0n) is 18.0. The molecule has 1 atom stereocenters. The number of benzene rings is 1. The molecule has 1 aromatic carbocycles. The fraction of sp³-hybridized carbons (Fsp3) is 0.583. The van der Waals surface area contributed by atoms with E-state index in [4.69, 9.17) is 21.0 Å². The Morgan fingerprint density at radius 3 is 2.67 bits per heavy atom. The summed E-state index contributed by atoms with van der Waals surface area (Å²) in [7, 11) is 0. The first-order chi connectivity index (χ1) is 14.5. The minimum Gasteiger partial charge on any atom is -0.441 e. The zero-order valence-corrected chi connectivity index (χ0v) is 18.8. The topological polar surface area (TPSA) is 58.4 Å². The fourth-order valence-electron chi connectivity index (χ4n) is 4.64. The lowest BCUT2D eigenvalue weighted by Gasteiger charge is -2.33. The van der Waals surface area contributed by atoms with Gasteiger partial charge in [-0.2, -0.15) is 0 Å². The van der Waals surface area contributed by atoms with Gasteiger partial charge in [-0.25, -0.2) is 4.98 Å². The van der Waals surface area contributed by atoms with Gasteiger partial charge < -0.3 is 9.73 Å². The predicted molar refractivity (Wildman–Crippen MR) is 119 cm³/mol. The maximum absolute atomic E-state index is 12.8. The minimum absolute atomic E-state index is 0.0704. The lowest BCUT2D eigenvalue weighted by Crippen LogP contribution is -2.46. The molecule has 2 fully saturated rings. The third kappa shape index (κ3) is 5.25. The van der Waals surface area contributed by atoms with Crippen molar-refractivity contribution in [3.05, 3.63) is 40.7 Å². The number of aromatic nitrogens is 1. The third-order valence-electron chi connectivity index (χ3n) is 6.60. The summed E-state index contributed by atoms with van der Waals surface area (Å²) in [6.07, 6.45) is 6.70. The van der Waals surface area contributed by atoms with Gasteiger partial charge in [-0.05, 0) is 82.2 Å². The first-order valence-electron chi connectivity index (χ1n) is 11.2. The molecular formula is C24H32ClN3O2. The number of aryl methyl sites for hydroxylation is 1. The molecule has 1 aliphatic heterocycles. The number of nitrogens with one attached hydrogen (secondary N) is 1. The van der Waals surface area contributed by atoms with Crippen molar-refractivity contribution < 1.29 is 9.21 Å². The molecule has 2 aromatic rings. The second-order valence-electron chi connectivity index (χ2n) is 9.07. The summed E-state index contributed by atoms with van der Waals surface area (Å²) in [5.41, 5.74) is 1.87. The van der Waals surface area contributed by atoms with Crippen molar-refractivity contribution in [2.75, 3.05) is 13.1 Å². The average Bonchev–Trinajstić information content (AvgIpc) is 3.10. The molecule has 2 heterocycles. The second-order valence-corrected chi connectivity index (χ2v) is 9.50. The number of piperidine rings is 1. The van der Waals surface area contributed by atoms with E-state index in [9.17, 15) is 4.79 Å². The number of hydrogen-bond acceptors (Lipinski definition) is 4. The van der Waals surface area contributed by atoms with Crippen LogP contribution in [-0.4, -0.2) is 34.9 Å². The van der Waals surface area contributed by atoms with E-state index in [0.29, 0.717) is 23.5 Å². The standard InChI is InChI=1S/C24H32ClN3O2/c1-16-5-11-21(12-6-16)26-23(29)19-4-3-13-28(14-19)15-22-17(2)30-24(27-22)18-7-9-20(25)10-8-18/h7-10,16,19,21H,3-6,11-15H2,1-2H3,(H,26,29). The van der Waals surface area contributed by atoms with Crippen molar-refractivity contribution in [2.24, 2.45) is 11.8 Å². The van der Waals surface area contributed by atoms with E-state index in [2.05, 4.69) is 17.1 Å². The van der Waals surface area contributed by atoms with E-state index >= 15 is 0 Å². The van der Waals surface area contributed by atoms with E-state index in [-0.39, 0.29) is 11.8 Å². The van der Waals surface area contributed by atoms with Crippen LogP contribution < -0.4 is 5.32 Å². The van der Waals surface area contributed by atoms with Gasteiger partial charge in [-0.3, -0.25) is 9.69 Å². The zero-order chi connectivity index (χ0) is 21.1. The van der Waals surface area contributed by atoms with Crippen LogP contribution >= 0.6 is 11.6 Å². The van der Waals surface area contributed by atoms with E-state index in [1.807, 2.05) is 31.2 Å². The molecule has 162 valence electrons. The Kier molecular flexibility index (Phi) is 6.79. The summed E-state index contributed by atoms with van der Waals surface area (Å²) in [6, 6.07) is 7.90. The van der Waals surface area contributed by atoms with Crippen molar-refractivity contribution in [3.8, 4) is 11.5 Å². The number of carbonyl (C=O) groups excluding carboxylic acids is 1. The third-order valence-corrected chi connectivity index (χ3v) is 6.85. The number of rotatable bonds is 5. The van der Waals surface area contributed by atoms with E-state index < -0.39 is 0 Å². The highest BCUT2D eigenvalue weighted by atomic mass is 35.5. The van der Waals surface area contributed by atoms with Crippen molar-refractivity contribution in [3.63, 3.8) is 0 Å². The van der Waals surface area contributed by atoms with Crippen LogP contribution in [0.3, 0.4) is 0 Å². The quantitative estimate of drug-likeness (QED) is 0.708. The van der Waals surface area contributed by atoms with Gasteiger partial charge in [0.05, 0.1) is 11.6 Å². The average molecular weight is 430 g/mol. The SMILES string of the molecule is Cc1oc(-c2ccc(Cl)cc2)nc1CN1CCCC(C(=O)NC2CCC(C)CC2)C1. The maximum Gasteiger partial charge on any atom is 0.226 e. The predicted octanol–water partition coefficient (Wildman–Crippen LogP) is 5.21. The van der Waals surface area contributed by atoms with Crippen LogP contribution in [0.15, 0.2) is 28.7 Å². The molecule has 0 bridgehead atoms. The Balaban J connectivity index is 1.35. The van der Waals surface area contributed by atoms with Gasteiger partial charge in [0.25, 0.3) is 0 Å². The Bertz CT molecular complexity index is 856. The molecule has 0 radical (unpaired) electrons. The number of amides is 1. The lowest BCUT2D eigenvalue weighted by atomic mass is 9.87. The molecule has 4 rings (SSSR count). The Morgan fingerprint density at radius 1 is 1.20 bits per heavy atom. The number of carbonyl (C=O) groups is 1. The van der Waals surface area contributed by atoms with Crippen LogP contribution in [0.25, 0.3) is 11.5 Å². The smallest absolute Gasteiger partial charge is 0.226 e. The van der Waals surface area contributed by atoms with E-state index in [0.717, 1.165) is 61.7 Å². The Hall–Kier alpha value is -1.85. The van der Waals surface area contributed by atoms with Crippen LogP contribution in [-0.2, 0) is 11.3 Å². The molecule has 30 heavy (non-hydrogen) atoms. The highest BCUT2D eigenvalue weighted by molar-refractivity contribution is 6.30. The van der Waals surface area contributed by atoms with Crippen molar-refractivity contribution >= 4 is 17.5 Å². The highest BCUT2D eigenvalue weighted by Crippen LogP contribution is 2.27. The number of halogens is 1. The summed E-state index contributed by atoms with van der Waals surface area (Å²) in [5.74, 6) is 2.56. The van der Waals surface area contributed by atoms with Gasteiger partial charge in [-0.1, -0.05) is 18.5 Å². The molecule has 1 amide bonds. The molecule has 1 saturated carbocycles. The summed E-state index contributed by atoms with van der Waals surface area (Å²) >= 11 is 5.98. The number of likely N-dealkylation sites (tertiary alicyclic amines) is 1. The molecular weight excluding hydrogens is 398 g/mol. The van der Waals surface area contributed by atoms with E-state index in [1.54, 1.807) is 0 Å². The largest absolute Gasteiger partial charge is 0.441 e. The summed E-state index contributed by atoms with van der Waals surface area (Å²) < 4.78 is 5.91. The molecule has 1 unspecified atom stereocenters. The molecule has 1 aliphatic carbocycles. The molecule has 5 nitrogen and oxygen atoms in total. The number of oxazole rings is 1. The highest BCUT2D eigenvalue weighted by Gasteiger charge is 2.29. The molecule has 2 aliphatic rings. The van der Waals surface area contributed by atoms with Crippen LogP contribution in [0.1, 0.15) is 56.9 Å². The van der Waals surface area contributed by atoms with Gasteiger partial charge >= 0.3 is 0 Å². The van der Waals surface area contributed by atoms with Crippen LogP contribution in [0.5, 0.6) is 0 Å². The van der Waals surface area contributed by atoms with Gasteiger partial charge in [0, 0.05) is 29.7 Å². The van der Waals surface area contributed by atoms with Crippen LogP contribution in [0, 0.1) is 18.8 Å². The lowest BCUT2D eigenvalue weighted by molar-refractivity contribution is -0.127. The monoisotopic (exact) mass is 429 g/mol. The summed E-state index contributed by atoms with van der Waals surface area (Å²) in [6.45, 7) is 6.76. The first-order valence-corrected chi connectivity index (χ1v) is 11.6. The van der Waals surface area contributed by atoms with Crippen molar-refractivity contribution in [1.82, 2.24) is 15.2 Å². The normalized spacial score (nSPS) is 25.2. The Morgan fingerprint density at radius 2 is 1.93 bits per heavy atom. The summed E-state index contributed by atoms with van der Waals surface area (Å²) in [5, 5.41) is 4.02. The summed E-state index contributed by atoms with van der Waals surface area (Å²) in [4.78, 5) is 19.9. The maximum atomic E-state index is 12.8. The van der Waals surface area contributed by atoms with E-state index in [1.165, 1.54) is 12.8 Å². The fourth-order valence-corrected chi connectivity index (χ4v) is 4.77. The van der Waals surface area contributed by atoms with Gasteiger partial charge in [0.15, 0.2) is 0 Å². The minimum atomic E-state index is 0.0704. The Labute approximate surface area is 184 Å². The molecule has 6 heteroatoms. The first kappa shape index (κ1) is 21.4. The van der Waals surface area contributed by atoms with Gasteiger partial charge in [0.1, 0.15) is 5.76 Å². The molecule has 0 spiro atoms. The number of nitrogens with zero attached hydrogens (tertiary/aromatic N) is 2. The van der Waals surface area contributed by atoms with Crippen molar-refractivity contribution in [1.29, 1.82) is 0 Å². The van der Waals surface area contributed by atoms with Crippen LogP contribution in [0.4, 0.5) is 0 Å². The molecule has 1 saturated heterocycles. The second kappa shape index (κ2) is 9.52.